The van der Waals surface area contributed by atoms with Gasteiger partial charge in [0.1, 0.15) is 5.82 Å². The highest BCUT2D eigenvalue weighted by molar-refractivity contribution is 7.99. The Bertz CT molecular complexity index is 788. The van der Waals surface area contributed by atoms with E-state index in [0.29, 0.717) is 22.6 Å². The Morgan fingerprint density at radius 1 is 1.00 bits per heavy atom. The summed E-state index contributed by atoms with van der Waals surface area (Å²) in [5.41, 5.74) is 1.37. The van der Waals surface area contributed by atoms with E-state index in [2.05, 4.69) is 5.32 Å². The summed E-state index contributed by atoms with van der Waals surface area (Å²) >= 11 is 1.32. The molecule has 0 radical (unpaired) electrons. The normalized spacial score (nSPS) is 13.1. The number of nitrogens with one attached hydrogen (secondary N) is 1. The molecule has 2 aromatic rings. The van der Waals surface area contributed by atoms with E-state index in [1.807, 2.05) is 0 Å². The van der Waals surface area contributed by atoms with E-state index in [-0.39, 0.29) is 35.8 Å². The van der Waals surface area contributed by atoms with Crippen LogP contribution in [0.3, 0.4) is 0 Å². The smallest absolute Gasteiger partial charge is 0.261 e. The summed E-state index contributed by atoms with van der Waals surface area (Å²) in [6.45, 7) is 0.251. The Morgan fingerprint density at radius 2 is 1.60 bits per heavy atom. The van der Waals surface area contributed by atoms with E-state index >= 15 is 0 Å². The van der Waals surface area contributed by atoms with Gasteiger partial charge < -0.3 is 5.32 Å². The first-order chi connectivity index (χ1) is 12.1. The van der Waals surface area contributed by atoms with E-state index in [0.717, 1.165) is 0 Å². The van der Waals surface area contributed by atoms with Crippen molar-refractivity contribution in [2.24, 2.45) is 0 Å². The molecule has 3 amide bonds. The Kier molecular flexibility index (Phi) is 5.14. The molecule has 2 aromatic carbocycles. The van der Waals surface area contributed by atoms with Crippen LogP contribution in [0.25, 0.3) is 0 Å². The third kappa shape index (κ3) is 3.88. The Balaban J connectivity index is 1.45. The van der Waals surface area contributed by atoms with Crippen LogP contribution < -0.4 is 5.32 Å². The molecule has 0 spiro atoms. The maximum Gasteiger partial charge on any atom is 0.261 e. The minimum Gasteiger partial charge on any atom is -0.325 e. The van der Waals surface area contributed by atoms with E-state index in [1.165, 1.54) is 40.9 Å². The van der Waals surface area contributed by atoms with Crippen molar-refractivity contribution in [3.8, 4) is 0 Å². The minimum absolute atomic E-state index is 0.181. The van der Waals surface area contributed by atoms with Crippen LogP contribution in [-0.4, -0.2) is 40.7 Å². The molecule has 0 atom stereocenters. The fraction of sp³-hybridized carbons (Fsp3) is 0.167. The van der Waals surface area contributed by atoms with Crippen LogP contribution in [0.2, 0.25) is 0 Å². The molecule has 128 valence electrons. The Hall–Kier alpha value is -2.67. The molecule has 1 aliphatic rings. The van der Waals surface area contributed by atoms with Crippen molar-refractivity contribution >= 4 is 35.2 Å². The van der Waals surface area contributed by atoms with Crippen molar-refractivity contribution in [1.29, 1.82) is 0 Å². The highest BCUT2D eigenvalue weighted by atomic mass is 32.2. The summed E-state index contributed by atoms with van der Waals surface area (Å²) in [4.78, 5) is 37.4. The van der Waals surface area contributed by atoms with Crippen molar-refractivity contribution in [2.75, 3.05) is 23.4 Å². The highest BCUT2D eigenvalue weighted by Crippen LogP contribution is 2.22. The topological polar surface area (TPSA) is 66.5 Å². The molecule has 0 unspecified atom stereocenters. The van der Waals surface area contributed by atoms with E-state index in [9.17, 15) is 18.8 Å². The lowest BCUT2D eigenvalue weighted by Gasteiger charge is -2.13. The predicted molar refractivity (Wildman–Crippen MR) is 94.2 cm³/mol. The monoisotopic (exact) mass is 358 g/mol. The number of thioether (sulfide) groups is 1. The molecule has 1 N–H and O–H groups in total. The van der Waals surface area contributed by atoms with Gasteiger partial charge in [-0.15, -0.1) is 0 Å². The Morgan fingerprint density at radius 3 is 2.20 bits per heavy atom. The molecule has 0 aliphatic carbocycles. The van der Waals surface area contributed by atoms with Crippen molar-refractivity contribution in [2.45, 2.75) is 0 Å². The number of halogens is 1. The van der Waals surface area contributed by atoms with Crippen molar-refractivity contribution in [1.82, 2.24) is 4.90 Å². The summed E-state index contributed by atoms with van der Waals surface area (Å²) in [6.07, 6.45) is 0. The number of nitrogens with zero attached hydrogens (tertiary/aromatic N) is 1. The van der Waals surface area contributed by atoms with Gasteiger partial charge >= 0.3 is 0 Å². The number of benzene rings is 2. The zero-order valence-corrected chi connectivity index (χ0v) is 14.0. The quantitative estimate of drug-likeness (QED) is 0.637. The molecule has 0 saturated carbocycles. The number of imide groups is 1. The van der Waals surface area contributed by atoms with Gasteiger partial charge in [0.05, 0.1) is 16.9 Å². The molecular weight excluding hydrogens is 343 g/mol. The SMILES string of the molecule is O=C(CSCCN1C(=O)c2ccccc2C1=O)Nc1ccc(F)cc1. The van der Waals surface area contributed by atoms with E-state index in [4.69, 9.17) is 0 Å². The molecule has 0 saturated heterocycles. The number of hydrogen-bond donors (Lipinski definition) is 1. The molecule has 0 aromatic heterocycles. The lowest BCUT2D eigenvalue weighted by atomic mass is 10.1. The van der Waals surface area contributed by atoms with E-state index < -0.39 is 0 Å². The number of carbonyl (C=O) groups excluding carboxylic acids is 3. The van der Waals surface area contributed by atoms with Gasteiger partial charge in [-0.1, -0.05) is 12.1 Å². The van der Waals surface area contributed by atoms with Gasteiger partial charge in [-0.25, -0.2) is 4.39 Å². The van der Waals surface area contributed by atoms with Gasteiger partial charge in [0.25, 0.3) is 11.8 Å². The zero-order chi connectivity index (χ0) is 17.8. The molecule has 1 heterocycles. The second kappa shape index (κ2) is 7.48. The number of amides is 3. The van der Waals surface area contributed by atoms with Crippen LogP contribution in [0.4, 0.5) is 10.1 Å². The van der Waals surface area contributed by atoms with Gasteiger partial charge in [-0.2, -0.15) is 11.8 Å². The first kappa shape index (κ1) is 17.2. The fourth-order valence-electron chi connectivity index (χ4n) is 2.49. The minimum atomic E-state index is -0.367. The van der Waals surface area contributed by atoms with Gasteiger partial charge in [0, 0.05) is 18.0 Å². The Labute approximate surface area is 148 Å². The molecule has 0 fully saturated rings. The lowest BCUT2D eigenvalue weighted by Crippen LogP contribution is -2.32. The molecule has 7 heteroatoms. The van der Waals surface area contributed by atoms with Crippen LogP contribution in [0.15, 0.2) is 48.5 Å². The molecular formula is C18H15FN2O3S. The standard InChI is InChI=1S/C18H15FN2O3S/c19-12-5-7-13(8-6-12)20-16(22)11-25-10-9-21-17(23)14-3-1-2-4-15(14)18(21)24/h1-8H,9-11H2,(H,20,22). The summed E-state index contributed by atoms with van der Waals surface area (Å²) < 4.78 is 12.8. The van der Waals surface area contributed by atoms with Crippen molar-refractivity contribution in [3.05, 3.63) is 65.5 Å². The lowest BCUT2D eigenvalue weighted by molar-refractivity contribution is -0.113. The molecule has 25 heavy (non-hydrogen) atoms. The second-order valence-corrected chi connectivity index (χ2v) is 6.52. The summed E-state index contributed by atoms with van der Waals surface area (Å²) in [5, 5.41) is 2.66. The second-order valence-electron chi connectivity index (χ2n) is 5.42. The first-order valence-corrected chi connectivity index (χ1v) is 8.80. The largest absolute Gasteiger partial charge is 0.325 e. The highest BCUT2D eigenvalue weighted by Gasteiger charge is 2.34. The number of rotatable bonds is 6. The summed E-state index contributed by atoms with van der Waals surface area (Å²) in [7, 11) is 0. The van der Waals surface area contributed by atoms with Gasteiger partial charge in [0.15, 0.2) is 0 Å². The summed E-state index contributed by atoms with van der Waals surface area (Å²) in [5.74, 6) is -0.538. The molecule has 1 aliphatic heterocycles. The predicted octanol–water partition coefficient (Wildman–Crippen LogP) is 2.79. The van der Waals surface area contributed by atoms with Crippen LogP contribution in [0.1, 0.15) is 20.7 Å². The van der Waals surface area contributed by atoms with E-state index in [1.54, 1.807) is 24.3 Å². The van der Waals surface area contributed by atoms with Crippen LogP contribution in [0, 0.1) is 5.82 Å². The molecule has 0 bridgehead atoms. The summed E-state index contributed by atoms with van der Waals surface area (Å²) in [6, 6.07) is 12.2. The fourth-order valence-corrected chi connectivity index (χ4v) is 3.21. The van der Waals surface area contributed by atoms with Crippen LogP contribution in [0.5, 0.6) is 0 Å². The molecule has 3 rings (SSSR count). The number of carbonyl (C=O) groups is 3. The molecule has 5 nitrogen and oxygen atoms in total. The number of anilines is 1. The third-order valence-electron chi connectivity index (χ3n) is 3.70. The van der Waals surface area contributed by atoms with Gasteiger partial charge in [-0.3, -0.25) is 19.3 Å². The third-order valence-corrected chi connectivity index (χ3v) is 4.64. The average molecular weight is 358 g/mol. The number of hydrogen-bond acceptors (Lipinski definition) is 4. The average Bonchev–Trinajstić information content (AvgIpc) is 2.86. The van der Waals surface area contributed by atoms with Crippen LogP contribution >= 0.6 is 11.8 Å². The first-order valence-electron chi connectivity index (χ1n) is 7.64. The van der Waals surface area contributed by atoms with Crippen molar-refractivity contribution < 1.29 is 18.8 Å². The maximum absolute atomic E-state index is 12.8. The van der Waals surface area contributed by atoms with Gasteiger partial charge in [0.2, 0.25) is 5.91 Å². The number of fused-ring (bicyclic) bond motifs is 1. The van der Waals surface area contributed by atoms with Crippen LogP contribution in [-0.2, 0) is 4.79 Å². The van der Waals surface area contributed by atoms with Crippen molar-refractivity contribution in [3.63, 3.8) is 0 Å². The zero-order valence-electron chi connectivity index (χ0n) is 13.2. The maximum atomic E-state index is 12.8. The van der Waals surface area contributed by atoms with Gasteiger partial charge in [-0.05, 0) is 36.4 Å².